The van der Waals surface area contributed by atoms with Gasteiger partial charge in [-0.3, -0.25) is 0 Å². The Morgan fingerprint density at radius 1 is 1.30 bits per heavy atom. The van der Waals surface area contributed by atoms with Gasteiger partial charge in [0.1, 0.15) is 5.75 Å². The lowest BCUT2D eigenvalue weighted by Crippen LogP contribution is -2.32. The van der Waals surface area contributed by atoms with Crippen molar-refractivity contribution in [2.45, 2.75) is 12.8 Å². The van der Waals surface area contributed by atoms with Gasteiger partial charge in [-0.25, -0.2) is 0 Å². The molecular weight excluding hydrogens is 250 g/mol. The summed E-state index contributed by atoms with van der Waals surface area (Å²) in [6.07, 6.45) is 2.24. The van der Waals surface area contributed by atoms with E-state index < -0.39 is 0 Å². The minimum Gasteiger partial charge on any atom is -0.497 e. The maximum Gasteiger partial charge on any atom is 0.120 e. The lowest BCUT2D eigenvalue weighted by atomic mass is 10.1. The van der Waals surface area contributed by atoms with Crippen molar-refractivity contribution in [2.24, 2.45) is 0 Å². The zero-order chi connectivity index (χ0) is 13.9. The highest BCUT2D eigenvalue weighted by Gasteiger charge is 2.18. The van der Waals surface area contributed by atoms with Gasteiger partial charge in [-0.15, -0.1) is 0 Å². The summed E-state index contributed by atoms with van der Waals surface area (Å²) in [7, 11) is 3.73. The fourth-order valence-corrected chi connectivity index (χ4v) is 3.06. The Morgan fingerprint density at radius 2 is 2.15 bits per heavy atom. The molecule has 4 heteroatoms. The monoisotopic (exact) mass is 273 g/mol. The number of benzene rings is 1. The molecule has 0 fully saturated rings. The van der Waals surface area contributed by atoms with E-state index in [1.807, 2.05) is 7.05 Å². The van der Waals surface area contributed by atoms with Crippen LogP contribution in [0.3, 0.4) is 0 Å². The van der Waals surface area contributed by atoms with Crippen molar-refractivity contribution in [1.29, 1.82) is 0 Å². The Kier molecular flexibility index (Phi) is 3.94. The van der Waals surface area contributed by atoms with E-state index in [1.165, 1.54) is 22.2 Å². The molecule has 0 bridgehead atoms. The molecule has 2 N–H and O–H groups in total. The quantitative estimate of drug-likeness (QED) is 0.892. The molecule has 0 amide bonds. The standard InChI is InChI=1S/C16H23N3O/c1-17-7-10-19-8-5-14-13-4-3-12(20-2)11-16(13)18-15(14)6-9-19/h3-4,11,17-18H,5-10H2,1-2H3. The molecule has 0 aliphatic carbocycles. The minimum absolute atomic E-state index is 0.921. The largest absolute Gasteiger partial charge is 0.497 e. The van der Waals surface area contributed by atoms with E-state index in [1.54, 1.807) is 7.11 Å². The molecule has 0 unspecified atom stereocenters. The van der Waals surface area contributed by atoms with Crippen LogP contribution in [-0.2, 0) is 12.8 Å². The van der Waals surface area contributed by atoms with Crippen molar-refractivity contribution < 1.29 is 4.74 Å². The first-order valence-corrected chi connectivity index (χ1v) is 7.36. The predicted octanol–water partition coefficient (Wildman–Crippen LogP) is 1.80. The van der Waals surface area contributed by atoms with Gasteiger partial charge in [0.15, 0.2) is 0 Å². The highest BCUT2D eigenvalue weighted by Crippen LogP contribution is 2.28. The highest BCUT2D eigenvalue weighted by molar-refractivity contribution is 5.86. The van der Waals surface area contributed by atoms with Crippen molar-refractivity contribution in [1.82, 2.24) is 15.2 Å². The van der Waals surface area contributed by atoms with E-state index in [4.69, 9.17) is 4.74 Å². The average Bonchev–Trinajstić information content (AvgIpc) is 2.71. The van der Waals surface area contributed by atoms with Crippen molar-refractivity contribution in [3.8, 4) is 5.75 Å². The molecule has 108 valence electrons. The van der Waals surface area contributed by atoms with Gasteiger partial charge < -0.3 is 19.9 Å². The number of ether oxygens (including phenoxy) is 1. The van der Waals surface area contributed by atoms with E-state index in [9.17, 15) is 0 Å². The molecule has 1 aliphatic heterocycles. The molecule has 2 heterocycles. The van der Waals surface area contributed by atoms with E-state index in [0.717, 1.165) is 44.8 Å². The first-order chi connectivity index (χ1) is 9.81. The van der Waals surface area contributed by atoms with Gasteiger partial charge in [-0.2, -0.15) is 0 Å². The van der Waals surface area contributed by atoms with E-state index >= 15 is 0 Å². The van der Waals surface area contributed by atoms with Crippen molar-refractivity contribution in [3.63, 3.8) is 0 Å². The van der Waals surface area contributed by atoms with Gasteiger partial charge in [0, 0.05) is 55.3 Å². The Labute approximate surface area is 120 Å². The molecule has 1 aliphatic rings. The number of hydrogen-bond acceptors (Lipinski definition) is 3. The van der Waals surface area contributed by atoms with Crippen LogP contribution in [0.25, 0.3) is 10.9 Å². The number of fused-ring (bicyclic) bond motifs is 3. The number of H-pyrrole nitrogens is 1. The summed E-state index contributed by atoms with van der Waals surface area (Å²) in [6.45, 7) is 4.48. The molecule has 0 atom stereocenters. The van der Waals surface area contributed by atoms with Gasteiger partial charge in [-0.05, 0) is 31.2 Å². The molecule has 1 aromatic heterocycles. The second kappa shape index (κ2) is 5.85. The van der Waals surface area contributed by atoms with Crippen LogP contribution >= 0.6 is 0 Å². The Morgan fingerprint density at radius 3 is 2.95 bits per heavy atom. The summed E-state index contributed by atoms with van der Waals surface area (Å²) in [5.41, 5.74) is 4.10. The van der Waals surface area contributed by atoms with Crippen LogP contribution in [0, 0.1) is 0 Å². The molecule has 2 aromatic rings. The average molecular weight is 273 g/mol. The fourth-order valence-electron chi connectivity index (χ4n) is 3.06. The van der Waals surface area contributed by atoms with Gasteiger partial charge in [0.2, 0.25) is 0 Å². The van der Waals surface area contributed by atoms with E-state index in [2.05, 4.69) is 33.4 Å². The Hall–Kier alpha value is -1.52. The Balaban J connectivity index is 1.84. The number of aromatic nitrogens is 1. The SMILES string of the molecule is CNCCN1CCc2[nH]c3cc(OC)ccc3c2CC1. The number of nitrogens with one attached hydrogen (secondary N) is 2. The summed E-state index contributed by atoms with van der Waals surface area (Å²) < 4.78 is 5.31. The predicted molar refractivity (Wildman–Crippen MR) is 82.6 cm³/mol. The van der Waals surface area contributed by atoms with Crippen LogP contribution in [0.1, 0.15) is 11.3 Å². The maximum atomic E-state index is 5.31. The summed E-state index contributed by atoms with van der Waals surface area (Å²) in [5.74, 6) is 0.921. The summed E-state index contributed by atoms with van der Waals surface area (Å²) in [6, 6.07) is 6.34. The lowest BCUT2D eigenvalue weighted by Gasteiger charge is -2.19. The third kappa shape index (κ3) is 2.53. The number of likely N-dealkylation sites (N-methyl/N-ethyl adjacent to an activating group) is 1. The molecule has 1 aromatic carbocycles. The minimum atomic E-state index is 0.921. The van der Waals surface area contributed by atoms with E-state index in [-0.39, 0.29) is 0 Å². The number of aromatic amines is 1. The van der Waals surface area contributed by atoms with Crippen LogP contribution in [0.4, 0.5) is 0 Å². The van der Waals surface area contributed by atoms with Gasteiger partial charge in [-0.1, -0.05) is 0 Å². The van der Waals surface area contributed by atoms with Gasteiger partial charge >= 0.3 is 0 Å². The molecule has 4 nitrogen and oxygen atoms in total. The number of nitrogens with zero attached hydrogens (tertiary/aromatic N) is 1. The molecule has 0 radical (unpaired) electrons. The van der Waals surface area contributed by atoms with Crippen molar-refractivity contribution >= 4 is 10.9 Å². The molecule has 0 saturated carbocycles. The molecule has 0 saturated heterocycles. The number of methoxy groups -OCH3 is 1. The van der Waals surface area contributed by atoms with Crippen molar-refractivity contribution in [3.05, 3.63) is 29.5 Å². The first kappa shape index (κ1) is 13.5. The van der Waals surface area contributed by atoms with Gasteiger partial charge in [0.25, 0.3) is 0 Å². The maximum absolute atomic E-state index is 5.31. The van der Waals surface area contributed by atoms with Crippen LogP contribution in [-0.4, -0.2) is 50.2 Å². The van der Waals surface area contributed by atoms with Crippen LogP contribution < -0.4 is 10.1 Å². The van der Waals surface area contributed by atoms with Crippen molar-refractivity contribution in [2.75, 3.05) is 40.3 Å². The number of hydrogen-bond donors (Lipinski definition) is 2. The van der Waals surface area contributed by atoms with Crippen LogP contribution in [0.2, 0.25) is 0 Å². The zero-order valence-electron chi connectivity index (χ0n) is 12.3. The molecule has 0 spiro atoms. The summed E-state index contributed by atoms with van der Waals surface area (Å²) in [4.78, 5) is 6.13. The molecule has 20 heavy (non-hydrogen) atoms. The van der Waals surface area contributed by atoms with E-state index in [0.29, 0.717) is 0 Å². The Bertz CT molecular complexity index is 591. The van der Waals surface area contributed by atoms with Crippen LogP contribution in [0.5, 0.6) is 5.75 Å². The van der Waals surface area contributed by atoms with Gasteiger partial charge in [0.05, 0.1) is 7.11 Å². The molecule has 3 rings (SSSR count). The normalized spacial score (nSPS) is 16.1. The molecular formula is C16H23N3O. The summed E-state index contributed by atoms with van der Waals surface area (Å²) in [5, 5.41) is 4.59. The topological polar surface area (TPSA) is 40.3 Å². The second-order valence-corrected chi connectivity index (χ2v) is 5.44. The first-order valence-electron chi connectivity index (χ1n) is 7.36. The smallest absolute Gasteiger partial charge is 0.120 e. The fraction of sp³-hybridized carbons (Fsp3) is 0.500. The lowest BCUT2D eigenvalue weighted by molar-refractivity contribution is 0.289. The second-order valence-electron chi connectivity index (χ2n) is 5.44. The zero-order valence-corrected chi connectivity index (χ0v) is 12.3. The third-order valence-corrected chi connectivity index (χ3v) is 4.24. The highest BCUT2D eigenvalue weighted by atomic mass is 16.5. The van der Waals surface area contributed by atoms with Crippen LogP contribution in [0.15, 0.2) is 18.2 Å². The number of rotatable bonds is 4. The third-order valence-electron chi connectivity index (χ3n) is 4.24. The summed E-state index contributed by atoms with van der Waals surface area (Å²) >= 11 is 0.